The lowest BCUT2D eigenvalue weighted by Crippen LogP contribution is -2.45. The van der Waals surface area contributed by atoms with E-state index in [1.807, 2.05) is 23.9 Å². The molecule has 0 spiro atoms. The van der Waals surface area contributed by atoms with Gasteiger partial charge in [-0.2, -0.15) is 11.8 Å². The Kier molecular flexibility index (Phi) is 4.22. The summed E-state index contributed by atoms with van der Waals surface area (Å²) in [5.41, 5.74) is 7.60. The number of thioether (sulfide) groups is 1. The molecular weight excluding hydrogens is 310 g/mol. The molecule has 0 bridgehead atoms. The quantitative estimate of drug-likeness (QED) is 0.648. The smallest absolute Gasteiger partial charge is 0.126 e. The summed E-state index contributed by atoms with van der Waals surface area (Å²) >= 11 is 5.50. The summed E-state index contributed by atoms with van der Waals surface area (Å²) < 4.78 is 0.894. The molecule has 0 aromatic heterocycles. The molecule has 1 aromatic carbocycles. The fourth-order valence-corrected chi connectivity index (χ4v) is 3.96. The molecular formula is C13H18BrN3S. The van der Waals surface area contributed by atoms with Crippen molar-refractivity contribution >= 4 is 39.2 Å². The summed E-state index contributed by atoms with van der Waals surface area (Å²) in [4.78, 5) is 2.36. The molecule has 2 rings (SSSR count). The van der Waals surface area contributed by atoms with Crippen LogP contribution in [0.2, 0.25) is 0 Å². The molecule has 2 atom stereocenters. The topological polar surface area (TPSA) is 53.1 Å². The van der Waals surface area contributed by atoms with Crippen LogP contribution in [0.4, 0.5) is 5.69 Å². The highest BCUT2D eigenvalue weighted by atomic mass is 79.9. The van der Waals surface area contributed by atoms with Crippen molar-refractivity contribution < 1.29 is 0 Å². The van der Waals surface area contributed by atoms with Crippen LogP contribution in [0.15, 0.2) is 22.7 Å². The van der Waals surface area contributed by atoms with Gasteiger partial charge in [0, 0.05) is 33.7 Å². The maximum Gasteiger partial charge on any atom is 0.126 e. The summed E-state index contributed by atoms with van der Waals surface area (Å²) in [6.07, 6.45) is 0. The molecule has 98 valence electrons. The SMILES string of the molecule is CC1SCCN(c2cccc(Br)c2C(=N)N)C1C. The van der Waals surface area contributed by atoms with Crippen LogP contribution < -0.4 is 10.6 Å². The first-order chi connectivity index (χ1) is 8.52. The van der Waals surface area contributed by atoms with Crippen LogP contribution in [0.1, 0.15) is 19.4 Å². The summed E-state index contributed by atoms with van der Waals surface area (Å²) in [7, 11) is 0. The van der Waals surface area contributed by atoms with Gasteiger partial charge in [-0.1, -0.05) is 13.0 Å². The highest BCUT2D eigenvalue weighted by molar-refractivity contribution is 9.10. The minimum atomic E-state index is 0.121. The standard InChI is InChI=1S/C13H18BrN3S/c1-8-9(2)18-7-6-17(8)11-5-3-4-10(14)12(11)13(15)16/h3-5,8-9H,6-7H2,1-2H3,(H3,15,16). The Morgan fingerprint density at radius 3 is 2.89 bits per heavy atom. The van der Waals surface area contributed by atoms with Gasteiger partial charge in [0.15, 0.2) is 0 Å². The number of nitrogens with one attached hydrogen (secondary N) is 1. The van der Waals surface area contributed by atoms with Gasteiger partial charge in [0.05, 0.1) is 5.56 Å². The normalized spacial score (nSPS) is 24.1. The zero-order valence-electron chi connectivity index (χ0n) is 10.6. The van der Waals surface area contributed by atoms with E-state index in [1.54, 1.807) is 0 Å². The van der Waals surface area contributed by atoms with Gasteiger partial charge >= 0.3 is 0 Å². The van der Waals surface area contributed by atoms with E-state index in [-0.39, 0.29) is 5.84 Å². The second-order valence-electron chi connectivity index (χ2n) is 4.56. The molecule has 3 nitrogen and oxygen atoms in total. The zero-order chi connectivity index (χ0) is 13.3. The van der Waals surface area contributed by atoms with Crippen LogP contribution in [0.3, 0.4) is 0 Å². The van der Waals surface area contributed by atoms with Gasteiger partial charge in [0.2, 0.25) is 0 Å². The molecule has 1 aliphatic rings. The maximum absolute atomic E-state index is 7.77. The fraction of sp³-hybridized carbons (Fsp3) is 0.462. The molecule has 0 aliphatic carbocycles. The first kappa shape index (κ1) is 13.7. The van der Waals surface area contributed by atoms with Gasteiger partial charge < -0.3 is 10.6 Å². The van der Waals surface area contributed by atoms with Gasteiger partial charge in [-0.05, 0) is 35.0 Å². The third-order valence-corrected chi connectivity index (χ3v) is 5.45. The van der Waals surface area contributed by atoms with Crippen LogP contribution >= 0.6 is 27.7 Å². The Balaban J connectivity index is 2.44. The molecule has 0 amide bonds. The van der Waals surface area contributed by atoms with Crippen molar-refractivity contribution in [1.29, 1.82) is 5.41 Å². The number of hydrogen-bond acceptors (Lipinski definition) is 3. The molecule has 3 N–H and O–H groups in total. The summed E-state index contributed by atoms with van der Waals surface area (Å²) in [6.45, 7) is 5.50. The monoisotopic (exact) mass is 327 g/mol. The van der Waals surface area contributed by atoms with E-state index >= 15 is 0 Å². The Morgan fingerprint density at radius 2 is 2.22 bits per heavy atom. The number of rotatable bonds is 2. The van der Waals surface area contributed by atoms with Crippen LogP contribution in [0.5, 0.6) is 0 Å². The zero-order valence-corrected chi connectivity index (χ0v) is 13.0. The van der Waals surface area contributed by atoms with Gasteiger partial charge in [-0.15, -0.1) is 0 Å². The lowest BCUT2D eigenvalue weighted by atomic mass is 10.1. The molecule has 0 radical (unpaired) electrons. The van der Waals surface area contributed by atoms with Crippen molar-refractivity contribution in [3.05, 3.63) is 28.2 Å². The highest BCUT2D eigenvalue weighted by Crippen LogP contribution is 2.33. The first-order valence-electron chi connectivity index (χ1n) is 6.03. The minimum Gasteiger partial charge on any atom is -0.384 e. The molecule has 1 heterocycles. The van der Waals surface area contributed by atoms with E-state index in [4.69, 9.17) is 11.1 Å². The van der Waals surface area contributed by atoms with Crippen LogP contribution in [0.25, 0.3) is 0 Å². The van der Waals surface area contributed by atoms with Gasteiger partial charge in [-0.3, -0.25) is 5.41 Å². The highest BCUT2D eigenvalue weighted by Gasteiger charge is 2.27. The van der Waals surface area contributed by atoms with Crippen LogP contribution in [-0.4, -0.2) is 29.4 Å². The van der Waals surface area contributed by atoms with Crippen molar-refractivity contribution in [1.82, 2.24) is 0 Å². The predicted octanol–water partition coefficient (Wildman–Crippen LogP) is 3.06. The number of anilines is 1. The lowest BCUT2D eigenvalue weighted by molar-refractivity contribution is 0.627. The molecule has 5 heteroatoms. The number of nitrogen functional groups attached to an aromatic ring is 1. The van der Waals surface area contributed by atoms with E-state index in [0.717, 1.165) is 28.0 Å². The number of amidine groups is 1. The third kappa shape index (κ3) is 2.52. The van der Waals surface area contributed by atoms with Crippen LogP contribution in [-0.2, 0) is 0 Å². The molecule has 1 fully saturated rings. The Labute approximate surface area is 121 Å². The summed E-state index contributed by atoms with van der Waals surface area (Å²) in [6, 6.07) is 6.45. The number of benzene rings is 1. The first-order valence-corrected chi connectivity index (χ1v) is 7.87. The van der Waals surface area contributed by atoms with E-state index in [2.05, 4.69) is 40.7 Å². The van der Waals surface area contributed by atoms with Crippen LogP contribution in [0, 0.1) is 5.41 Å². The van der Waals surface area contributed by atoms with E-state index < -0.39 is 0 Å². The minimum absolute atomic E-state index is 0.121. The van der Waals surface area contributed by atoms with Gasteiger partial charge in [0.1, 0.15) is 5.84 Å². The number of nitrogens with two attached hydrogens (primary N) is 1. The summed E-state index contributed by atoms with van der Waals surface area (Å²) in [5, 5.41) is 8.36. The Morgan fingerprint density at radius 1 is 1.50 bits per heavy atom. The molecule has 1 saturated heterocycles. The second kappa shape index (κ2) is 5.53. The Bertz CT molecular complexity index is 464. The van der Waals surface area contributed by atoms with Gasteiger partial charge in [-0.25, -0.2) is 0 Å². The third-order valence-electron chi connectivity index (χ3n) is 3.45. The molecule has 1 aromatic rings. The molecule has 0 saturated carbocycles. The molecule has 1 aliphatic heterocycles. The molecule has 18 heavy (non-hydrogen) atoms. The van der Waals surface area contributed by atoms with Gasteiger partial charge in [0.25, 0.3) is 0 Å². The number of halogens is 1. The van der Waals surface area contributed by atoms with E-state index in [0.29, 0.717) is 11.3 Å². The maximum atomic E-state index is 7.77. The lowest BCUT2D eigenvalue weighted by Gasteiger charge is -2.40. The second-order valence-corrected chi connectivity index (χ2v) is 6.90. The van der Waals surface area contributed by atoms with E-state index in [1.165, 1.54) is 0 Å². The average Bonchev–Trinajstić information content (AvgIpc) is 2.32. The largest absolute Gasteiger partial charge is 0.384 e. The molecule has 2 unspecified atom stereocenters. The van der Waals surface area contributed by atoms with Crippen molar-refractivity contribution in [2.75, 3.05) is 17.2 Å². The Hall–Kier alpha value is -0.680. The fourth-order valence-electron chi connectivity index (χ4n) is 2.29. The number of hydrogen-bond donors (Lipinski definition) is 2. The van der Waals surface area contributed by atoms with Crippen molar-refractivity contribution in [3.8, 4) is 0 Å². The predicted molar refractivity (Wildman–Crippen MR) is 83.9 cm³/mol. The summed E-state index contributed by atoms with van der Waals surface area (Å²) in [5.74, 6) is 1.24. The van der Waals surface area contributed by atoms with Crippen molar-refractivity contribution in [2.45, 2.75) is 25.1 Å². The van der Waals surface area contributed by atoms with E-state index in [9.17, 15) is 0 Å². The van der Waals surface area contributed by atoms with Crippen molar-refractivity contribution in [2.24, 2.45) is 5.73 Å². The number of nitrogens with zero attached hydrogens (tertiary/aromatic N) is 1. The van der Waals surface area contributed by atoms with Crippen molar-refractivity contribution in [3.63, 3.8) is 0 Å². The average molecular weight is 328 g/mol.